The van der Waals surface area contributed by atoms with Crippen LogP contribution in [-0.2, 0) is 0 Å². The number of benzene rings is 2. The van der Waals surface area contributed by atoms with Gasteiger partial charge < -0.3 is 18.9 Å². The van der Waals surface area contributed by atoms with Crippen LogP contribution >= 0.6 is 11.3 Å². The third-order valence-corrected chi connectivity index (χ3v) is 5.63. The van der Waals surface area contributed by atoms with E-state index in [9.17, 15) is 0 Å². The molecule has 3 rings (SSSR count). The molecule has 0 amide bonds. The van der Waals surface area contributed by atoms with E-state index in [1.165, 1.54) is 11.3 Å². The molecule has 168 valence electrons. The monoisotopic (exact) mass is 453 g/mol. The topological polar surface area (TPSA) is 66.6 Å². The normalized spacial score (nSPS) is 11.9. The Morgan fingerprint density at radius 3 is 2.34 bits per heavy atom. The first-order chi connectivity index (χ1) is 15.6. The Kier molecular flexibility index (Phi) is 7.72. The molecule has 0 N–H and O–H groups in total. The zero-order valence-corrected chi connectivity index (χ0v) is 19.7. The molecule has 0 aliphatic heterocycles. The third kappa shape index (κ3) is 4.86. The van der Waals surface area contributed by atoms with E-state index in [0.717, 1.165) is 33.1 Å². The molecule has 7 nitrogen and oxygen atoms in total. The Labute approximate surface area is 191 Å². The van der Waals surface area contributed by atoms with Gasteiger partial charge in [0.05, 0.1) is 46.4 Å². The van der Waals surface area contributed by atoms with E-state index in [1.807, 2.05) is 53.4 Å². The predicted molar refractivity (Wildman–Crippen MR) is 129 cm³/mol. The zero-order valence-electron chi connectivity index (χ0n) is 18.9. The lowest BCUT2D eigenvalue weighted by Crippen LogP contribution is -2.15. The second kappa shape index (κ2) is 10.7. The molecule has 0 atom stereocenters. The van der Waals surface area contributed by atoms with Gasteiger partial charge in [-0.1, -0.05) is 6.08 Å². The Bertz CT molecular complexity index is 1190. The lowest BCUT2D eigenvalue weighted by atomic mass is 10.1. The van der Waals surface area contributed by atoms with Gasteiger partial charge in [-0.25, -0.2) is 4.68 Å². The van der Waals surface area contributed by atoms with Gasteiger partial charge in [-0.3, -0.25) is 4.99 Å². The second-order valence-electron chi connectivity index (χ2n) is 6.67. The highest BCUT2D eigenvalue weighted by Gasteiger charge is 2.15. The summed E-state index contributed by atoms with van der Waals surface area (Å²) < 4.78 is 23.6. The van der Waals surface area contributed by atoms with Crippen molar-refractivity contribution in [1.29, 1.82) is 0 Å². The van der Waals surface area contributed by atoms with Gasteiger partial charge in [0.15, 0.2) is 11.5 Å². The van der Waals surface area contributed by atoms with Crippen LogP contribution in [0.4, 0.5) is 0 Å². The van der Waals surface area contributed by atoms with Gasteiger partial charge in [0, 0.05) is 16.5 Å². The van der Waals surface area contributed by atoms with E-state index < -0.39 is 0 Å². The van der Waals surface area contributed by atoms with E-state index in [0.29, 0.717) is 23.8 Å². The van der Waals surface area contributed by atoms with Crippen LogP contribution in [0.15, 0.2) is 64.5 Å². The number of nitrogens with zero attached hydrogens (tertiary/aromatic N) is 3. The van der Waals surface area contributed by atoms with Crippen LogP contribution in [0.3, 0.4) is 0 Å². The lowest BCUT2D eigenvalue weighted by molar-refractivity contribution is 0.355. The lowest BCUT2D eigenvalue weighted by Gasteiger charge is -2.12. The van der Waals surface area contributed by atoms with E-state index >= 15 is 0 Å². The van der Waals surface area contributed by atoms with Gasteiger partial charge in [-0.15, -0.1) is 17.9 Å². The minimum atomic E-state index is 0.486. The minimum absolute atomic E-state index is 0.486. The first kappa shape index (κ1) is 23.1. The summed E-state index contributed by atoms with van der Waals surface area (Å²) in [4.78, 5) is 5.36. The molecule has 32 heavy (non-hydrogen) atoms. The molecular weight excluding hydrogens is 426 g/mol. The van der Waals surface area contributed by atoms with Crippen molar-refractivity contribution in [2.24, 2.45) is 10.1 Å². The van der Waals surface area contributed by atoms with Crippen molar-refractivity contribution in [3.8, 4) is 34.3 Å². The van der Waals surface area contributed by atoms with Gasteiger partial charge in [0.25, 0.3) is 0 Å². The number of hydrogen-bond acceptors (Lipinski definition) is 7. The summed E-state index contributed by atoms with van der Waals surface area (Å²) in [5, 5.41) is 6.91. The molecule has 2 aromatic carbocycles. The van der Waals surface area contributed by atoms with E-state index in [1.54, 1.807) is 34.5 Å². The predicted octanol–water partition coefficient (Wildman–Crippen LogP) is 4.61. The maximum absolute atomic E-state index is 5.60. The summed E-state index contributed by atoms with van der Waals surface area (Å²) in [6.07, 6.45) is 1.75. The van der Waals surface area contributed by atoms with Crippen molar-refractivity contribution in [1.82, 2.24) is 4.68 Å². The number of ether oxygens (including phenoxy) is 4. The molecule has 0 spiro atoms. The Morgan fingerprint density at radius 1 is 0.969 bits per heavy atom. The molecule has 0 saturated heterocycles. The van der Waals surface area contributed by atoms with Crippen LogP contribution in [0.2, 0.25) is 0 Å². The van der Waals surface area contributed by atoms with Crippen molar-refractivity contribution in [3.63, 3.8) is 0 Å². The molecule has 0 unspecified atom stereocenters. The van der Waals surface area contributed by atoms with Crippen LogP contribution in [-0.4, -0.2) is 45.4 Å². The molecule has 0 fully saturated rings. The van der Waals surface area contributed by atoms with Crippen LogP contribution in [0, 0.1) is 0 Å². The minimum Gasteiger partial charge on any atom is -0.497 e. The highest BCUT2D eigenvalue weighted by Crippen LogP contribution is 2.34. The molecule has 0 aliphatic carbocycles. The van der Waals surface area contributed by atoms with E-state index in [4.69, 9.17) is 24.0 Å². The molecule has 0 aliphatic rings. The molecule has 0 bridgehead atoms. The zero-order chi connectivity index (χ0) is 23.1. The fraction of sp³-hybridized carbons (Fsp3) is 0.250. The summed E-state index contributed by atoms with van der Waals surface area (Å²) in [6, 6.07) is 11.4. The smallest absolute Gasteiger partial charge is 0.206 e. The van der Waals surface area contributed by atoms with E-state index in [-0.39, 0.29) is 0 Å². The Balaban J connectivity index is 2.20. The largest absolute Gasteiger partial charge is 0.497 e. The highest BCUT2D eigenvalue weighted by atomic mass is 32.1. The summed E-state index contributed by atoms with van der Waals surface area (Å²) in [7, 11) is 6.50. The summed E-state index contributed by atoms with van der Waals surface area (Å²) in [5.74, 6) is 2.74. The Morgan fingerprint density at radius 2 is 1.69 bits per heavy atom. The van der Waals surface area contributed by atoms with Gasteiger partial charge in [0.2, 0.25) is 4.80 Å². The fourth-order valence-electron chi connectivity index (χ4n) is 3.12. The van der Waals surface area contributed by atoms with Crippen LogP contribution in [0.5, 0.6) is 23.0 Å². The number of aromatic nitrogens is 1. The van der Waals surface area contributed by atoms with Crippen LogP contribution in [0.25, 0.3) is 11.3 Å². The SMILES string of the molecule is C=CCN=c1scc(-c2cc(OC)ccc2OC)n1N=C(C)c1ccc(OC)c(OC)c1. The van der Waals surface area contributed by atoms with Gasteiger partial charge in [-0.05, 0) is 43.3 Å². The average Bonchev–Trinajstić information content (AvgIpc) is 3.23. The molecule has 3 aromatic rings. The van der Waals surface area contributed by atoms with Crippen LogP contribution in [0.1, 0.15) is 12.5 Å². The number of methoxy groups -OCH3 is 4. The number of thiazole rings is 1. The van der Waals surface area contributed by atoms with Gasteiger partial charge >= 0.3 is 0 Å². The first-order valence-corrected chi connectivity index (χ1v) is 10.8. The van der Waals surface area contributed by atoms with Crippen molar-refractivity contribution in [2.75, 3.05) is 35.0 Å². The number of rotatable bonds is 9. The third-order valence-electron chi connectivity index (χ3n) is 4.77. The second-order valence-corrected chi connectivity index (χ2v) is 7.50. The van der Waals surface area contributed by atoms with Crippen molar-refractivity contribution < 1.29 is 18.9 Å². The van der Waals surface area contributed by atoms with Crippen LogP contribution < -0.4 is 23.7 Å². The molecule has 0 radical (unpaired) electrons. The van der Waals surface area contributed by atoms with Crippen molar-refractivity contribution in [2.45, 2.75) is 6.92 Å². The number of hydrogen-bond donors (Lipinski definition) is 0. The fourth-order valence-corrected chi connectivity index (χ4v) is 3.95. The Hall–Kier alpha value is -3.52. The van der Waals surface area contributed by atoms with Crippen molar-refractivity contribution in [3.05, 3.63) is 64.8 Å². The molecule has 0 saturated carbocycles. The molecule has 8 heteroatoms. The van der Waals surface area contributed by atoms with Crippen molar-refractivity contribution >= 4 is 17.0 Å². The van der Waals surface area contributed by atoms with Gasteiger partial charge in [-0.2, -0.15) is 5.10 Å². The average molecular weight is 454 g/mol. The first-order valence-electron chi connectivity index (χ1n) is 9.88. The maximum Gasteiger partial charge on any atom is 0.206 e. The summed E-state index contributed by atoms with van der Waals surface area (Å²) in [5.41, 5.74) is 3.38. The highest BCUT2D eigenvalue weighted by molar-refractivity contribution is 7.07. The van der Waals surface area contributed by atoms with Gasteiger partial charge in [0.1, 0.15) is 11.5 Å². The molecule has 1 aromatic heterocycles. The van der Waals surface area contributed by atoms with E-state index in [2.05, 4.69) is 11.6 Å². The molecule has 1 heterocycles. The molecular formula is C24H27N3O4S. The quantitative estimate of drug-likeness (QED) is 0.351. The maximum atomic E-state index is 5.60. The standard InChI is InChI=1S/C24H27N3O4S/c1-7-12-25-24-27(26-16(2)17-8-10-22(30-5)23(13-17)31-6)20(15-32-24)19-14-18(28-3)9-11-21(19)29-4/h7-11,13-15H,1,12H2,2-6H3. The summed E-state index contributed by atoms with van der Waals surface area (Å²) >= 11 is 1.49. The summed E-state index contributed by atoms with van der Waals surface area (Å²) in [6.45, 7) is 6.19.